The van der Waals surface area contributed by atoms with E-state index in [0.29, 0.717) is 51.4 Å². The fourth-order valence-corrected chi connectivity index (χ4v) is 5.05. The molecule has 0 radical (unpaired) electrons. The van der Waals surface area contributed by atoms with Crippen molar-refractivity contribution < 1.29 is 0 Å². The lowest BCUT2D eigenvalue weighted by atomic mass is 10.0. The van der Waals surface area contributed by atoms with E-state index >= 15 is 0 Å². The molecule has 1 aliphatic carbocycles. The van der Waals surface area contributed by atoms with E-state index in [0.717, 1.165) is 21.8 Å². The third-order valence-electron chi connectivity index (χ3n) is 6.56. The van der Waals surface area contributed by atoms with Crippen molar-refractivity contribution in [1.29, 1.82) is 0 Å². The third kappa shape index (κ3) is 2.79. The van der Waals surface area contributed by atoms with Crippen molar-refractivity contribution in [2.24, 2.45) is 0 Å². The average Bonchev–Trinajstić information content (AvgIpc) is 3.31. The molecule has 1 aliphatic rings. The van der Waals surface area contributed by atoms with Gasteiger partial charge in [0.15, 0.2) is 5.82 Å². The van der Waals surface area contributed by atoms with Crippen LogP contribution in [-0.2, 0) is 0 Å². The first-order valence-electron chi connectivity index (χ1n) is 11.7. The summed E-state index contributed by atoms with van der Waals surface area (Å²) in [6.45, 7) is 0. The first kappa shape index (κ1) is 19.8. The van der Waals surface area contributed by atoms with Crippen molar-refractivity contribution in [3.8, 4) is 51.4 Å². The van der Waals surface area contributed by atoms with Gasteiger partial charge in [0.25, 0.3) is 0 Å². The molecule has 0 saturated heterocycles. The molecule has 172 valence electrons. The predicted octanol–water partition coefficient (Wildman–Crippen LogP) is 4.93. The van der Waals surface area contributed by atoms with Crippen molar-refractivity contribution in [1.82, 2.24) is 44.4 Å². The van der Waals surface area contributed by atoms with E-state index in [1.54, 1.807) is 43.4 Å². The molecule has 5 heterocycles. The van der Waals surface area contributed by atoms with Crippen molar-refractivity contribution in [3.63, 3.8) is 0 Å². The second-order valence-corrected chi connectivity index (χ2v) is 8.56. The van der Waals surface area contributed by atoms with Crippen molar-refractivity contribution >= 4 is 21.8 Å². The second-order valence-electron chi connectivity index (χ2n) is 8.56. The number of nitrogens with zero attached hydrogens (tertiary/aromatic N) is 9. The summed E-state index contributed by atoms with van der Waals surface area (Å²) in [6, 6.07) is 16.6. The van der Waals surface area contributed by atoms with Crippen LogP contribution >= 0.6 is 0 Å². The Hall–Kier alpha value is -5.44. The maximum atomic E-state index is 5.15. The minimum atomic E-state index is 0.556. The van der Waals surface area contributed by atoms with Crippen LogP contribution in [0.4, 0.5) is 0 Å². The molecule has 9 nitrogen and oxygen atoms in total. The van der Waals surface area contributed by atoms with E-state index < -0.39 is 0 Å². The van der Waals surface area contributed by atoms with E-state index in [-0.39, 0.29) is 0 Å². The number of benzene rings is 2. The normalized spacial score (nSPS) is 11.8. The number of hydrogen-bond acceptors (Lipinski definition) is 8. The van der Waals surface area contributed by atoms with Gasteiger partial charge in [-0.15, -0.1) is 0 Å². The lowest BCUT2D eigenvalue weighted by Gasteiger charge is -2.18. The molecule has 0 N–H and O–H groups in total. The Kier molecular flexibility index (Phi) is 4.03. The molecule has 0 saturated carbocycles. The molecule has 0 unspecified atom stereocenters. The first-order valence-corrected chi connectivity index (χ1v) is 11.7. The Balaban J connectivity index is 1.49. The lowest BCUT2D eigenvalue weighted by molar-refractivity contribution is 1.03. The summed E-state index contributed by atoms with van der Waals surface area (Å²) >= 11 is 0. The van der Waals surface area contributed by atoms with Crippen LogP contribution in [0.2, 0.25) is 0 Å². The number of aromatic nitrogens is 9. The van der Waals surface area contributed by atoms with Gasteiger partial charge >= 0.3 is 0 Å². The zero-order valence-electron chi connectivity index (χ0n) is 19.2. The summed E-state index contributed by atoms with van der Waals surface area (Å²) in [5, 5.41) is 2.29. The molecule has 0 bridgehead atoms. The summed E-state index contributed by atoms with van der Waals surface area (Å²) in [5.41, 5.74) is 6.61. The quantitative estimate of drug-likeness (QED) is 0.328. The summed E-state index contributed by atoms with van der Waals surface area (Å²) in [5.74, 6) is 0.665. The van der Waals surface area contributed by atoms with Crippen LogP contribution in [0, 0.1) is 0 Å². The molecule has 9 heteroatoms. The van der Waals surface area contributed by atoms with Gasteiger partial charge in [-0.1, -0.05) is 36.4 Å². The average molecular weight is 477 g/mol. The molecule has 0 atom stereocenters. The monoisotopic (exact) mass is 477 g/mol. The van der Waals surface area contributed by atoms with Gasteiger partial charge in [-0.2, -0.15) is 0 Å². The van der Waals surface area contributed by atoms with Gasteiger partial charge in [-0.25, -0.2) is 9.97 Å². The molecule has 7 aromatic rings. The SMILES string of the molecule is c1ccc2c(c1)c1ccccc1n2-c1cnc2c(n1)-c1nccnc1-c1nccnc1-c1nccnc1-2. The van der Waals surface area contributed by atoms with Crippen molar-refractivity contribution in [3.05, 3.63) is 91.9 Å². The van der Waals surface area contributed by atoms with E-state index in [1.807, 2.05) is 24.3 Å². The second kappa shape index (κ2) is 7.53. The molecular formula is C28H15N9. The van der Waals surface area contributed by atoms with Crippen LogP contribution < -0.4 is 0 Å². The van der Waals surface area contributed by atoms with E-state index in [1.165, 1.54) is 0 Å². The predicted molar refractivity (Wildman–Crippen MR) is 138 cm³/mol. The van der Waals surface area contributed by atoms with Crippen molar-refractivity contribution in [2.45, 2.75) is 0 Å². The molecule has 0 aliphatic heterocycles. The molecule has 8 rings (SSSR count). The summed E-state index contributed by atoms with van der Waals surface area (Å²) in [6.07, 6.45) is 11.6. The minimum absolute atomic E-state index is 0.556. The van der Waals surface area contributed by atoms with Gasteiger partial charge < -0.3 is 0 Å². The highest BCUT2D eigenvalue weighted by Crippen LogP contribution is 2.41. The van der Waals surface area contributed by atoms with Crippen LogP contribution in [0.1, 0.15) is 0 Å². The smallest absolute Gasteiger partial charge is 0.157 e. The Morgan fingerprint density at radius 3 is 1.24 bits per heavy atom. The number of para-hydroxylation sites is 2. The van der Waals surface area contributed by atoms with E-state index in [2.05, 4.69) is 53.8 Å². The molecule has 5 aromatic heterocycles. The van der Waals surface area contributed by atoms with Crippen LogP contribution in [0.3, 0.4) is 0 Å². The van der Waals surface area contributed by atoms with Gasteiger partial charge in [0, 0.05) is 48.0 Å². The maximum absolute atomic E-state index is 5.15. The van der Waals surface area contributed by atoms with Crippen LogP contribution in [-0.4, -0.2) is 44.4 Å². The highest BCUT2D eigenvalue weighted by molar-refractivity contribution is 6.09. The molecule has 2 aromatic carbocycles. The molecule has 0 amide bonds. The molecule has 0 fully saturated rings. The Morgan fingerprint density at radius 2 is 0.784 bits per heavy atom. The largest absolute Gasteiger partial charge is 0.292 e. The van der Waals surface area contributed by atoms with Gasteiger partial charge in [-0.3, -0.25) is 34.5 Å². The number of hydrogen-bond donors (Lipinski definition) is 0. The maximum Gasteiger partial charge on any atom is 0.157 e. The zero-order chi connectivity index (χ0) is 24.3. The fraction of sp³-hybridized carbons (Fsp3) is 0. The standard InChI is InChI=1S/C28H15N9/c1-3-7-18-16(5-1)17-6-2-4-8-19(17)37(18)20-15-35-27-25-23(31-11-12-33-25)21-22(30-10-9-29-21)24-26(28(27)36-20)34-14-13-32-24/h1-15H. The third-order valence-corrected chi connectivity index (χ3v) is 6.56. The number of fused-ring (bicyclic) bond motifs is 11. The van der Waals surface area contributed by atoms with E-state index in [4.69, 9.17) is 15.0 Å². The van der Waals surface area contributed by atoms with Crippen LogP contribution in [0.15, 0.2) is 91.9 Å². The lowest BCUT2D eigenvalue weighted by Crippen LogP contribution is -2.09. The van der Waals surface area contributed by atoms with E-state index in [9.17, 15) is 0 Å². The van der Waals surface area contributed by atoms with Crippen LogP contribution in [0.25, 0.3) is 73.2 Å². The first-order chi connectivity index (χ1) is 18.4. The van der Waals surface area contributed by atoms with Crippen molar-refractivity contribution in [2.75, 3.05) is 0 Å². The summed E-state index contributed by atoms with van der Waals surface area (Å²) < 4.78 is 2.12. The molecular weight excluding hydrogens is 462 g/mol. The topological polar surface area (TPSA) is 108 Å². The number of rotatable bonds is 1. The fourth-order valence-electron chi connectivity index (χ4n) is 5.05. The Bertz CT molecular complexity index is 1950. The van der Waals surface area contributed by atoms with Crippen LogP contribution in [0.5, 0.6) is 0 Å². The van der Waals surface area contributed by atoms with Gasteiger partial charge in [-0.05, 0) is 12.1 Å². The highest BCUT2D eigenvalue weighted by atomic mass is 15.1. The van der Waals surface area contributed by atoms with Gasteiger partial charge in [0.1, 0.15) is 45.6 Å². The Morgan fingerprint density at radius 1 is 0.405 bits per heavy atom. The minimum Gasteiger partial charge on any atom is -0.292 e. The summed E-state index contributed by atoms with van der Waals surface area (Å²) in [7, 11) is 0. The van der Waals surface area contributed by atoms with Gasteiger partial charge in [0.05, 0.1) is 17.2 Å². The summed E-state index contributed by atoms with van der Waals surface area (Å²) in [4.78, 5) is 37.8. The molecule has 0 spiro atoms. The highest BCUT2D eigenvalue weighted by Gasteiger charge is 2.29. The van der Waals surface area contributed by atoms with Gasteiger partial charge in [0.2, 0.25) is 0 Å². The Labute approximate surface area is 209 Å². The molecule has 37 heavy (non-hydrogen) atoms. The zero-order valence-corrected chi connectivity index (χ0v) is 19.2.